The van der Waals surface area contributed by atoms with E-state index < -0.39 is 5.97 Å². The molecule has 2 rings (SSSR count). The van der Waals surface area contributed by atoms with Gasteiger partial charge >= 0.3 is 5.97 Å². The van der Waals surface area contributed by atoms with Crippen LogP contribution in [0.15, 0.2) is 29.6 Å². The molecule has 19 heavy (non-hydrogen) atoms. The molecular weight excluding hydrogens is 262 g/mol. The molecule has 2 heterocycles. The number of nitrogens with zero attached hydrogens (tertiary/aromatic N) is 2. The third-order valence-electron chi connectivity index (χ3n) is 2.67. The number of thiophene rings is 1. The Labute approximate surface area is 115 Å². The smallest absolute Gasteiger partial charge is 0.356 e. The molecule has 0 fully saturated rings. The summed E-state index contributed by atoms with van der Waals surface area (Å²) in [5.74, 6) is -0.473. The molecule has 100 valence electrons. The van der Waals surface area contributed by atoms with Crippen molar-refractivity contribution < 1.29 is 9.90 Å². The van der Waals surface area contributed by atoms with E-state index in [2.05, 4.69) is 28.5 Å². The Hall–Kier alpha value is -1.95. The quantitative estimate of drug-likeness (QED) is 0.848. The third-order valence-corrected chi connectivity index (χ3v) is 3.66. The van der Waals surface area contributed by atoms with Gasteiger partial charge in [0.2, 0.25) is 0 Å². The van der Waals surface area contributed by atoms with Crippen LogP contribution in [0.4, 0.5) is 5.82 Å². The van der Waals surface area contributed by atoms with Gasteiger partial charge in [-0.3, -0.25) is 0 Å². The maximum atomic E-state index is 10.7. The molecule has 0 aromatic carbocycles. The van der Waals surface area contributed by atoms with E-state index in [0.717, 1.165) is 12.8 Å². The van der Waals surface area contributed by atoms with E-state index in [9.17, 15) is 4.79 Å². The first kappa shape index (κ1) is 13.5. The molecule has 0 bridgehead atoms. The zero-order chi connectivity index (χ0) is 13.7. The molecule has 5 nitrogen and oxygen atoms in total. The van der Waals surface area contributed by atoms with Crippen molar-refractivity contribution in [1.29, 1.82) is 0 Å². The Kier molecular flexibility index (Phi) is 4.46. The number of hydrogen-bond acceptors (Lipinski definition) is 5. The molecule has 0 aliphatic carbocycles. The molecule has 0 spiro atoms. The van der Waals surface area contributed by atoms with Crippen molar-refractivity contribution in [2.24, 2.45) is 0 Å². The summed E-state index contributed by atoms with van der Waals surface area (Å²) in [7, 11) is 0. The van der Waals surface area contributed by atoms with Crippen LogP contribution in [0.5, 0.6) is 0 Å². The van der Waals surface area contributed by atoms with Crippen LogP contribution < -0.4 is 5.32 Å². The van der Waals surface area contributed by atoms with Crippen LogP contribution in [0.3, 0.4) is 0 Å². The fraction of sp³-hybridized carbons (Fsp3) is 0.308. The van der Waals surface area contributed by atoms with E-state index in [0.29, 0.717) is 5.82 Å². The lowest BCUT2D eigenvalue weighted by Gasteiger charge is -2.16. The van der Waals surface area contributed by atoms with E-state index >= 15 is 0 Å². The summed E-state index contributed by atoms with van der Waals surface area (Å²) in [6, 6.07) is 7.39. The minimum atomic E-state index is -1.07. The third kappa shape index (κ3) is 3.51. The monoisotopic (exact) mass is 277 g/mol. The fourth-order valence-electron chi connectivity index (χ4n) is 1.77. The van der Waals surface area contributed by atoms with Crippen molar-refractivity contribution in [2.45, 2.75) is 25.8 Å². The fourth-order valence-corrected chi connectivity index (χ4v) is 2.58. The normalized spacial score (nSPS) is 12.1. The number of carbonyl (C=O) groups is 1. The average Bonchev–Trinajstić information content (AvgIpc) is 2.92. The molecule has 0 saturated carbocycles. The molecule has 2 aromatic rings. The Bertz CT molecular complexity index is 525. The first-order valence-corrected chi connectivity index (χ1v) is 6.95. The van der Waals surface area contributed by atoms with E-state index in [1.54, 1.807) is 17.4 Å². The van der Waals surface area contributed by atoms with Crippen LogP contribution in [0.25, 0.3) is 0 Å². The van der Waals surface area contributed by atoms with E-state index in [1.807, 2.05) is 11.4 Å². The maximum absolute atomic E-state index is 10.7. The zero-order valence-corrected chi connectivity index (χ0v) is 11.4. The van der Waals surface area contributed by atoms with Crippen molar-refractivity contribution in [1.82, 2.24) is 10.2 Å². The number of aromatic carboxylic acids is 1. The second-order valence-corrected chi connectivity index (χ2v) is 5.09. The molecule has 1 unspecified atom stereocenters. The van der Waals surface area contributed by atoms with Crippen molar-refractivity contribution >= 4 is 23.1 Å². The molecule has 2 aromatic heterocycles. The number of nitrogens with one attached hydrogen (secondary N) is 1. The molecule has 0 radical (unpaired) electrons. The summed E-state index contributed by atoms with van der Waals surface area (Å²) in [5.41, 5.74) is -0.0475. The van der Waals surface area contributed by atoms with Crippen molar-refractivity contribution in [3.63, 3.8) is 0 Å². The van der Waals surface area contributed by atoms with Gasteiger partial charge in [0.1, 0.15) is 5.82 Å². The summed E-state index contributed by atoms with van der Waals surface area (Å²) in [5, 5.41) is 21.7. The van der Waals surface area contributed by atoms with Gasteiger partial charge in [0.15, 0.2) is 5.69 Å². The van der Waals surface area contributed by atoms with E-state index in [1.165, 1.54) is 10.9 Å². The zero-order valence-electron chi connectivity index (χ0n) is 10.5. The van der Waals surface area contributed by atoms with Crippen molar-refractivity contribution in [3.8, 4) is 0 Å². The Morgan fingerprint density at radius 2 is 2.26 bits per heavy atom. The maximum Gasteiger partial charge on any atom is 0.356 e. The van der Waals surface area contributed by atoms with Gasteiger partial charge in [-0.25, -0.2) is 4.79 Å². The summed E-state index contributed by atoms with van der Waals surface area (Å²) in [6.45, 7) is 2.13. The Morgan fingerprint density at radius 1 is 1.42 bits per heavy atom. The van der Waals surface area contributed by atoms with Gasteiger partial charge in [0.25, 0.3) is 0 Å². The summed E-state index contributed by atoms with van der Waals surface area (Å²) < 4.78 is 0. The van der Waals surface area contributed by atoms with E-state index in [4.69, 9.17) is 5.11 Å². The first-order valence-electron chi connectivity index (χ1n) is 6.07. The number of hydrogen-bond donors (Lipinski definition) is 2. The molecule has 0 amide bonds. The van der Waals surface area contributed by atoms with Crippen LogP contribution in [0, 0.1) is 0 Å². The number of anilines is 1. The predicted octanol–water partition coefficient (Wildman–Crippen LogP) is 3.19. The van der Waals surface area contributed by atoms with Crippen LogP contribution in [-0.2, 0) is 0 Å². The Balaban J connectivity index is 2.11. The number of carboxylic acids is 1. The second-order valence-electron chi connectivity index (χ2n) is 4.11. The highest BCUT2D eigenvalue weighted by Crippen LogP contribution is 2.26. The summed E-state index contributed by atoms with van der Waals surface area (Å²) >= 11 is 1.69. The highest BCUT2D eigenvalue weighted by Gasteiger charge is 2.13. The van der Waals surface area contributed by atoms with E-state index in [-0.39, 0.29) is 11.7 Å². The van der Waals surface area contributed by atoms with Gasteiger partial charge in [0, 0.05) is 4.88 Å². The number of rotatable bonds is 6. The van der Waals surface area contributed by atoms with Crippen molar-refractivity contribution in [3.05, 3.63) is 40.2 Å². The topological polar surface area (TPSA) is 75.1 Å². The minimum Gasteiger partial charge on any atom is -0.476 e. The molecular formula is C13H15N3O2S. The van der Waals surface area contributed by atoms with Gasteiger partial charge in [-0.2, -0.15) is 0 Å². The van der Waals surface area contributed by atoms with Gasteiger partial charge in [-0.15, -0.1) is 21.5 Å². The summed E-state index contributed by atoms with van der Waals surface area (Å²) in [6.07, 6.45) is 2.04. The van der Waals surface area contributed by atoms with Gasteiger partial charge in [-0.1, -0.05) is 19.4 Å². The predicted molar refractivity (Wildman–Crippen MR) is 74.6 cm³/mol. The lowest BCUT2D eigenvalue weighted by atomic mass is 10.1. The van der Waals surface area contributed by atoms with Crippen LogP contribution in [-0.4, -0.2) is 21.3 Å². The summed E-state index contributed by atoms with van der Waals surface area (Å²) in [4.78, 5) is 11.9. The molecule has 0 aliphatic heterocycles. The first-order chi connectivity index (χ1) is 9.20. The molecule has 0 aliphatic rings. The molecule has 1 atom stereocenters. The molecule has 2 N–H and O–H groups in total. The number of carboxylic acid groups (broad SMARTS) is 1. The largest absolute Gasteiger partial charge is 0.476 e. The second kappa shape index (κ2) is 6.29. The number of aromatic nitrogens is 2. The lowest BCUT2D eigenvalue weighted by Crippen LogP contribution is -2.11. The average molecular weight is 277 g/mol. The van der Waals surface area contributed by atoms with Crippen LogP contribution in [0.2, 0.25) is 0 Å². The van der Waals surface area contributed by atoms with Gasteiger partial charge in [0.05, 0.1) is 6.04 Å². The van der Waals surface area contributed by atoms with Gasteiger partial charge in [-0.05, 0) is 30.0 Å². The lowest BCUT2D eigenvalue weighted by molar-refractivity contribution is 0.0689. The van der Waals surface area contributed by atoms with Gasteiger partial charge < -0.3 is 10.4 Å². The molecule has 6 heteroatoms. The highest BCUT2D eigenvalue weighted by molar-refractivity contribution is 7.10. The van der Waals surface area contributed by atoms with Crippen LogP contribution in [0.1, 0.15) is 41.2 Å². The highest BCUT2D eigenvalue weighted by atomic mass is 32.1. The minimum absolute atomic E-state index is 0.0475. The SMILES string of the molecule is CCCC(Nc1ccc(C(=O)O)nn1)c1cccs1. The Morgan fingerprint density at radius 3 is 2.79 bits per heavy atom. The molecule has 0 saturated heterocycles. The van der Waals surface area contributed by atoms with Crippen LogP contribution >= 0.6 is 11.3 Å². The standard InChI is InChI=1S/C13H15N3O2S/c1-2-4-9(11-5-3-8-19-11)14-12-7-6-10(13(17)18)15-16-12/h3,5-9H,2,4H2,1H3,(H,14,16)(H,17,18). The van der Waals surface area contributed by atoms with Crippen molar-refractivity contribution in [2.75, 3.05) is 5.32 Å².